The average molecular weight is 311 g/mol. The lowest BCUT2D eigenvalue weighted by Gasteiger charge is -2.34. The van der Waals surface area contributed by atoms with Crippen molar-refractivity contribution in [1.29, 1.82) is 0 Å². The van der Waals surface area contributed by atoms with Gasteiger partial charge in [0.25, 0.3) is 0 Å². The minimum absolute atomic E-state index is 0.270. The minimum Gasteiger partial charge on any atom is -0.394 e. The highest BCUT2D eigenvalue weighted by atomic mass is 32.2. The molecule has 6 atom stereocenters. The number of carbonyl (C=O) groups excluding carboxylic acids is 1. The fourth-order valence-electron chi connectivity index (χ4n) is 2.12. The highest BCUT2D eigenvalue weighted by molar-refractivity contribution is 8.00. The molecule has 20 heavy (non-hydrogen) atoms. The van der Waals surface area contributed by atoms with Gasteiger partial charge in [0.15, 0.2) is 0 Å². The average Bonchev–Trinajstić information content (AvgIpc) is 2.87. The molecular formula is C11H21NO7S. The molecule has 0 saturated carbocycles. The summed E-state index contributed by atoms with van der Waals surface area (Å²) in [6.07, 6.45) is -6.58. The van der Waals surface area contributed by atoms with Gasteiger partial charge in [0.2, 0.25) is 5.91 Å². The Hall–Kier alpha value is -0.420. The molecule has 118 valence electrons. The number of hydrogen-bond acceptors (Lipinski definition) is 8. The zero-order valence-electron chi connectivity index (χ0n) is 11.0. The second-order valence-corrected chi connectivity index (χ2v) is 5.86. The first kappa shape index (κ1) is 17.6. The van der Waals surface area contributed by atoms with Crippen LogP contribution in [0.4, 0.5) is 0 Å². The molecule has 9 heteroatoms. The highest BCUT2D eigenvalue weighted by Crippen LogP contribution is 2.33. The van der Waals surface area contributed by atoms with E-state index < -0.39 is 42.4 Å². The first-order chi connectivity index (χ1) is 9.34. The zero-order valence-corrected chi connectivity index (χ0v) is 11.8. The van der Waals surface area contributed by atoms with Crippen LogP contribution in [0.5, 0.6) is 0 Å². The molecule has 0 aromatic carbocycles. The van der Waals surface area contributed by atoms with Gasteiger partial charge in [-0.25, -0.2) is 0 Å². The van der Waals surface area contributed by atoms with Crippen LogP contribution in [0.15, 0.2) is 0 Å². The summed E-state index contributed by atoms with van der Waals surface area (Å²) < 4.78 is 0. The van der Waals surface area contributed by atoms with Gasteiger partial charge in [0.05, 0.1) is 19.3 Å². The van der Waals surface area contributed by atoms with E-state index in [-0.39, 0.29) is 12.5 Å². The number of nitrogens with zero attached hydrogens (tertiary/aromatic N) is 1. The summed E-state index contributed by atoms with van der Waals surface area (Å²) in [4.78, 5) is 12.8. The van der Waals surface area contributed by atoms with Gasteiger partial charge in [-0.1, -0.05) is 0 Å². The molecule has 0 aromatic rings. The third-order valence-corrected chi connectivity index (χ3v) is 4.70. The van der Waals surface area contributed by atoms with E-state index >= 15 is 0 Å². The largest absolute Gasteiger partial charge is 0.394 e. The molecular weight excluding hydrogens is 290 g/mol. The van der Waals surface area contributed by atoms with E-state index in [0.29, 0.717) is 5.75 Å². The van der Waals surface area contributed by atoms with Crippen LogP contribution in [0.3, 0.4) is 0 Å². The van der Waals surface area contributed by atoms with Crippen LogP contribution in [-0.2, 0) is 4.79 Å². The molecule has 0 spiro atoms. The van der Waals surface area contributed by atoms with Gasteiger partial charge < -0.3 is 35.5 Å². The van der Waals surface area contributed by atoms with Crippen LogP contribution >= 0.6 is 11.8 Å². The second kappa shape index (κ2) is 7.55. The minimum atomic E-state index is -1.74. The lowest BCUT2D eigenvalue weighted by molar-refractivity contribution is -0.142. The number of aliphatic hydroxyl groups excluding tert-OH is 6. The number of hydrogen-bond donors (Lipinski definition) is 6. The Morgan fingerprint density at radius 1 is 1.25 bits per heavy atom. The SMILES string of the molecule is CC(=O)N1[C@H](CO)CS[C@@H]1[C@H](O)[C@H](O)[C@H](O)[C@@H](O)CO. The van der Waals surface area contributed by atoms with Gasteiger partial charge in [-0.2, -0.15) is 0 Å². The predicted molar refractivity (Wildman–Crippen MR) is 70.8 cm³/mol. The predicted octanol–water partition coefficient (Wildman–Crippen LogP) is -3.30. The second-order valence-electron chi connectivity index (χ2n) is 4.71. The first-order valence-corrected chi connectivity index (χ1v) is 7.24. The van der Waals surface area contributed by atoms with Crippen molar-refractivity contribution in [3.05, 3.63) is 0 Å². The van der Waals surface area contributed by atoms with E-state index in [1.165, 1.54) is 11.8 Å². The molecule has 1 heterocycles. The van der Waals surface area contributed by atoms with E-state index in [1.807, 2.05) is 0 Å². The molecule has 6 N–H and O–H groups in total. The number of rotatable bonds is 6. The quantitative estimate of drug-likeness (QED) is 0.300. The third-order valence-electron chi connectivity index (χ3n) is 3.27. The van der Waals surface area contributed by atoms with Crippen LogP contribution in [0.1, 0.15) is 6.92 Å². The van der Waals surface area contributed by atoms with E-state index in [4.69, 9.17) is 5.11 Å². The van der Waals surface area contributed by atoms with Crippen LogP contribution in [-0.4, -0.2) is 96.2 Å². The molecule has 8 nitrogen and oxygen atoms in total. The number of aliphatic hydroxyl groups is 6. The molecule has 0 radical (unpaired) electrons. The van der Waals surface area contributed by atoms with Crippen molar-refractivity contribution in [2.75, 3.05) is 19.0 Å². The van der Waals surface area contributed by atoms with E-state index in [1.54, 1.807) is 0 Å². The van der Waals surface area contributed by atoms with E-state index in [2.05, 4.69) is 0 Å². The van der Waals surface area contributed by atoms with Crippen LogP contribution in [0.25, 0.3) is 0 Å². The smallest absolute Gasteiger partial charge is 0.220 e. The van der Waals surface area contributed by atoms with Gasteiger partial charge in [-0.15, -0.1) is 11.8 Å². The Morgan fingerprint density at radius 2 is 1.85 bits per heavy atom. The Balaban J connectivity index is 2.80. The molecule has 1 amide bonds. The molecule has 1 fully saturated rings. The van der Waals surface area contributed by atoms with Gasteiger partial charge in [-0.3, -0.25) is 4.79 Å². The summed E-state index contributed by atoms with van der Waals surface area (Å²) in [7, 11) is 0. The van der Waals surface area contributed by atoms with Gasteiger partial charge in [0, 0.05) is 12.7 Å². The van der Waals surface area contributed by atoms with Gasteiger partial charge in [0.1, 0.15) is 29.8 Å². The maximum Gasteiger partial charge on any atom is 0.220 e. The Bertz CT molecular complexity index is 332. The van der Waals surface area contributed by atoms with Gasteiger partial charge >= 0.3 is 0 Å². The molecule has 1 aliphatic heterocycles. The van der Waals surface area contributed by atoms with Gasteiger partial charge in [-0.05, 0) is 0 Å². The fourth-order valence-corrected chi connectivity index (χ4v) is 3.65. The lowest BCUT2D eigenvalue weighted by atomic mass is 10.0. The summed E-state index contributed by atoms with van der Waals surface area (Å²) in [6.45, 7) is 0.242. The van der Waals surface area contributed by atoms with Crippen molar-refractivity contribution < 1.29 is 35.4 Å². The first-order valence-electron chi connectivity index (χ1n) is 6.19. The number of amides is 1. The van der Waals surface area contributed by atoms with Crippen LogP contribution in [0.2, 0.25) is 0 Å². The summed E-state index contributed by atoms with van der Waals surface area (Å²) in [6, 6.07) is -0.468. The summed E-state index contributed by atoms with van der Waals surface area (Å²) >= 11 is 1.16. The fraction of sp³-hybridized carbons (Fsp3) is 0.909. The Morgan fingerprint density at radius 3 is 2.30 bits per heavy atom. The highest BCUT2D eigenvalue weighted by Gasteiger charge is 2.44. The standard InChI is InChI=1S/C11H21NO7S/c1-5(15)12-6(2-13)4-20-11(12)10(19)9(18)8(17)7(16)3-14/h6-11,13-14,16-19H,2-4H2,1H3/t6-,7+,8-,9-,10-,11-/m1/s1. The van der Waals surface area contributed by atoms with E-state index in [9.17, 15) is 30.3 Å². The zero-order chi connectivity index (χ0) is 15.4. The Kier molecular flexibility index (Phi) is 6.65. The van der Waals surface area contributed by atoms with Crippen molar-refractivity contribution in [3.63, 3.8) is 0 Å². The van der Waals surface area contributed by atoms with Crippen LogP contribution < -0.4 is 0 Å². The third kappa shape index (κ3) is 3.61. The topological polar surface area (TPSA) is 142 Å². The number of carbonyl (C=O) groups is 1. The maximum absolute atomic E-state index is 11.6. The van der Waals surface area contributed by atoms with Crippen molar-refractivity contribution >= 4 is 17.7 Å². The van der Waals surface area contributed by atoms with Crippen molar-refractivity contribution in [3.8, 4) is 0 Å². The van der Waals surface area contributed by atoms with Crippen molar-refractivity contribution in [1.82, 2.24) is 4.90 Å². The van der Waals surface area contributed by atoms with E-state index in [0.717, 1.165) is 11.8 Å². The number of thioether (sulfide) groups is 1. The Labute approximate surface area is 120 Å². The molecule has 0 aliphatic carbocycles. The molecule has 1 aliphatic rings. The van der Waals surface area contributed by atoms with Crippen molar-refractivity contribution in [2.24, 2.45) is 0 Å². The van der Waals surface area contributed by atoms with Crippen molar-refractivity contribution in [2.45, 2.75) is 42.8 Å². The lowest BCUT2D eigenvalue weighted by Crippen LogP contribution is -2.54. The molecule has 1 rings (SSSR count). The molecule has 0 bridgehead atoms. The molecule has 0 unspecified atom stereocenters. The molecule has 0 aromatic heterocycles. The summed E-state index contributed by atoms with van der Waals surface area (Å²) in [5.41, 5.74) is 0. The normalized spacial score (nSPS) is 29.1. The van der Waals surface area contributed by atoms with Crippen LogP contribution in [0, 0.1) is 0 Å². The molecule has 1 saturated heterocycles. The maximum atomic E-state index is 11.6. The monoisotopic (exact) mass is 311 g/mol. The summed E-state index contributed by atoms with van der Waals surface area (Å²) in [5, 5.41) is 55.8. The summed E-state index contributed by atoms with van der Waals surface area (Å²) in [5.74, 6) is 0.0194.